The molecule has 0 aromatic heterocycles. The Morgan fingerprint density at radius 3 is 1.20 bits per heavy atom. The predicted molar refractivity (Wildman–Crippen MR) is 226 cm³/mol. The number of hydrogen-bond acceptors (Lipinski definition) is 3. The molecule has 4 nitrogen and oxygen atoms in total. The maximum atomic E-state index is 13.2. The lowest BCUT2D eigenvalue weighted by Crippen LogP contribution is -2.24. The summed E-state index contributed by atoms with van der Waals surface area (Å²) >= 11 is 0. The lowest BCUT2D eigenvalue weighted by molar-refractivity contribution is 0.0950. The molecule has 51 heavy (non-hydrogen) atoms. The van der Waals surface area contributed by atoms with E-state index in [2.05, 4.69) is 24.5 Å². The number of benzene rings is 2. The lowest BCUT2D eigenvalue weighted by Gasteiger charge is -2.15. The Morgan fingerprint density at radius 1 is 0.471 bits per heavy atom. The van der Waals surface area contributed by atoms with E-state index >= 15 is 0 Å². The van der Waals surface area contributed by atoms with Crippen LogP contribution in [0.4, 0.5) is 5.69 Å². The first-order valence-electron chi connectivity index (χ1n) is 22.5. The molecular weight excluding hydrogens is 625 g/mol. The SMILES string of the molecule is CCCCCCCCCCCCCCCCCCNC(=O)c1cc(NCCCCCCCCCCCCCCCCCC)c2ccccc2c1O. The summed E-state index contributed by atoms with van der Waals surface area (Å²) in [5.41, 5.74) is 1.32. The fourth-order valence-electron chi connectivity index (χ4n) is 7.55. The van der Waals surface area contributed by atoms with Crippen molar-refractivity contribution in [2.24, 2.45) is 0 Å². The normalized spacial score (nSPS) is 11.4. The summed E-state index contributed by atoms with van der Waals surface area (Å²) in [6.45, 7) is 6.12. The summed E-state index contributed by atoms with van der Waals surface area (Å²) in [5.74, 6) is -0.0901. The Labute approximate surface area is 316 Å². The summed E-state index contributed by atoms with van der Waals surface area (Å²) in [4.78, 5) is 13.2. The van der Waals surface area contributed by atoms with Crippen LogP contribution in [0.2, 0.25) is 0 Å². The van der Waals surface area contributed by atoms with Gasteiger partial charge in [-0.2, -0.15) is 0 Å². The number of fused-ring (bicyclic) bond motifs is 1. The molecule has 0 atom stereocenters. The molecule has 0 fully saturated rings. The standard InChI is InChI=1S/C47H82N2O2/c1-3-5-7-9-11-13-15-17-19-21-23-25-27-29-31-35-39-48-45-41-44(46(50)43-38-34-33-37-42(43)45)47(51)49-40-36-32-30-28-26-24-22-20-18-16-14-12-10-8-6-4-2/h33-34,37-38,41,48,50H,3-32,35-36,39-40H2,1-2H3,(H,49,51). The number of aromatic hydroxyl groups is 1. The number of phenols is 1. The number of unbranched alkanes of at least 4 members (excludes halogenated alkanes) is 30. The molecule has 0 unspecified atom stereocenters. The molecule has 2 aromatic carbocycles. The van der Waals surface area contributed by atoms with Crippen LogP contribution in [0.25, 0.3) is 10.8 Å². The summed E-state index contributed by atoms with van der Waals surface area (Å²) in [7, 11) is 0. The molecule has 0 aliphatic rings. The summed E-state index contributed by atoms with van der Waals surface area (Å²) in [6, 6.07) is 9.73. The van der Waals surface area contributed by atoms with Gasteiger partial charge >= 0.3 is 0 Å². The van der Waals surface area contributed by atoms with Crippen LogP contribution in [-0.2, 0) is 0 Å². The van der Waals surface area contributed by atoms with Crippen LogP contribution in [0, 0.1) is 0 Å². The molecule has 0 saturated heterocycles. The fourth-order valence-corrected chi connectivity index (χ4v) is 7.55. The molecule has 0 saturated carbocycles. The van der Waals surface area contributed by atoms with Crippen molar-refractivity contribution in [1.29, 1.82) is 0 Å². The second-order valence-corrected chi connectivity index (χ2v) is 15.7. The number of amides is 1. The number of hydrogen-bond donors (Lipinski definition) is 3. The predicted octanol–water partition coefficient (Wildman–Crippen LogP) is 15.2. The van der Waals surface area contributed by atoms with Crippen LogP contribution in [0.1, 0.15) is 230 Å². The highest BCUT2D eigenvalue weighted by atomic mass is 16.3. The Balaban J connectivity index is 1.53. The molecule has 0 heterocycles. The van der Waals surface area contributed by atoms with Gasteiger partial charge in [-0.25, -0.2) is 0 Å². The van der Waals surface area contributed by atoms with Crippen molar-refractivity contribution in [3.8, 4) is 5.75 Å². The van der Waals surface area contributed by atoms with Gasteiger partial charge in [-0.3, -0.25) is 4.79 Å². The van der Waals surface area contributed by atoms with E-state index in [-0.39, 0.29) is 11.7 Å². The van der Waals surface area contributed by atoms with E-state index in [9.17, 15) is 9.90 Å². The van der Waals surface area contributed by atoms with E-state index in [0.29, 0.717) is 12.1 Å². The van der Waals surface area contributed by atoms with Crippen molar-refractivity contribution < 1.29 is 9.90 Å². The molecule has 0 aliphatic carbocycles. The zero-order valence-corrected chi connectivity index (χ0v) is 33.8. The minimum absolute atomic E-state index is 0.0861. The van der Waals surface area contributed by atoms with Gasteiger partial charge < -0.3 is 15.7 Å². The average Bonchev–Trinajstić information content (AvgIpc) is 3.15. The average molecular weight is 707 g/mol. The molecule has 0 bridgehead atoms. The summed E-state index contributed by atoms with van der Waals surface area (Å²) in [6.07, 6.45) is 43.4. The molecule has 1 amide bonds. The zero-order valence-electron chi connectivity index (χ0n) is 33.8. The molecule has 0 aliphatic heterocycles. The van der Waals surface area contributed by atoms with Crippen molar-refractivity contribution in [2.45, 2.75) is 219 Å². The number of rotatable bonds is 36. The Hall–Kier alpha value is -2.23. The van der Waals surface area contributed by atoms with Gasteiger partial charge in [0.25, 0.3) is 5.91 Å². The lowest BCUT2D eigenvalue weighted by atomic mass is 10.0. The van der Waals surface area contributed by atoms with Gasteiger partial charge in [-0.05, 0) is 18.9 Å². The number of carbonyl (C=O) groups excluding carboxylic acids is 1. The Kier molecular flexibility index (Phi) is 28.6. The van der Waals surface area contributed by atoms with Crippen LogP contribution in [0.5, 0.6) is 5.75 Å². The van der Waals surface area contributed by atoms with Crippen LogP contribution in [0.3, 0.4) is 0 Å². The van der Waals surface area contributed by atoms with Gasteiger partial charge in [0.2, 0.25) is 0 Å². The third-order valence-electron chi connectivity index (χ3n) is 10.9. The topological polar surface area (TPSA) is 61.4 Å². The summed E-state index contributed by atoms with van der Waals surface area (Å²) < 4.78 is 0. The fraction of sp³-hybridized carbons (Fsp3) is 0.766. The molecule has 292 valence electrons. The smallest absolute Gasteiger partial charge is 0.255 e. The van der Waals surface area contributed by atoms with Crippen LogP contribution in [0.15, 0.2) is 30.3 Å². The highest BCUT2D eigenvalue weighted by Gasteiger charge is 2.17. The Morgan fingerprint density at radius 2 is 0.804 bits per heavy atom. The van der Waals surface area contributed by atoms with Crippen LogP contribution in [-0.4, -0.2) is 24.1 Å². The van der Waals surface area contributed by atoms with Crippen molar-refractivity contribution in [3.05, 3.63) is 35.9 Å². The zero-order chi connectivity index (χ0) is 36.5. The van der Waals surface area contributed by atoms with Gasteiger partial charge in [-0.15, -0.1) is 0 Å². The maximum absolute atomic E-state index is 13.2. The van der Waals surface area contributed by atoms with Crippen LogP contribution >= 0.6 is 0 Å². The van der Waals surface area contributed by atoms with E-state index in [4.69, 9.17) is 0 Å². The van der Waals surface area contributed by atoms with E-state index in [1.54, 1.807) is 0 Å². The first-order chi connectivity index (χ1) is 25.2. The van der Waals surface area contributed by atoms with Gasteiger partial charge in [0, 0.05) is 29.5 Å². The molecule has 4 heteroatoms. The van der Waals surface area contributed by atoms with Gasteiger partial charge in [-0.1, -0.05) is 231 Å². The van der Waals surface area contributed by atoms with E-state index in [1.807, 2.05) is 30.3 Å². The molecule has 2 aromatic rings. The van der Waals surface area contributed by atoms with Crippen molar-refractivity contribution in [3.63, 3.8) is 0 Å². The third kappa shape index (κ3) is 22.4. The number of anilines is 1. The second-order valence-electron chi connectivity index (χ2n) is 15.7. The van der Waals surface area contributed by atoms with E-state index in [0.717, 1.165) is 42.3 Å². The number of nitrogens with one attached hydrogen (secondary N) is 2. The molecule has 0 radical (unpaired) electrons. The van der Waals surface area contributed by atoms with Crippen molar-refractivity contribution in [1.82, 2.24) is 5.32 Å². The number of carbonyl (C=O) groups is 1. The highest BCUT2D eigenvalue weighted by Crippen LogP contribution is 2.34. The van der Waals surface area contributed by atoms with Crippen molar-refractivity contribution in [2.75, 3.05) is 18.4 Å². The molecular formula is C47H82N2O2. The van der Waals surface area contributed by atoms with Gasteiger partial charge in [0.05, 0.1) is 5.56 Å². The highest BCUT2D eigenvalue weighted by molar-refractivity contribution is 6.08. The second kappa shape index (κ2) is 32.4. The first-order valence-corrected chi connectivity index (χ1v) is 22.5. The molecule has 0 spiro atoms. The minimum Gasteiger partial charge on any atom is -0.506 e. The van der Waals surface area contributed by atoms with Crippen LogP contribution < -0.4 is 10.6 Å². The first kappa shape index (κ1) is 44.9. The van der Waals surface area contributed by atoms with Gasteiger partial charge in [0.15, 0.2) is 0 Å². The summed E-state index contributed by atoms with van der Waals surface area (Å²) in [5, 5.41) is 19.4. The minimum atomic E-state index is -0.176. The monoisotopic (exact) mass is 707 g/mol. The van der Waals surface area contributed by atoms with E-state index in [1.165, 1.54) is 186 Å². The Bertz CT molecular complexity index is 1100. The molecule has 2 rings (SSSR count). The van der Waals surface area contributed by atoms with Gasteiger partial charge in [0.1, 0.15) is 5.75 Å². The third-order valence-corrected chi connectivity index (χ3v) is 10.9. The molecule has 3 N–H and O–H groups in total. The maximum Gasteiger partial charge on any atom is 0.255 e. The largest absolute Gasteiger partial charge is 0.506 e. The van der Waals surface area contributed by atoms with E-state index < -0.39 is 0 Å². The van der Waals surface area contributed by atoms with Crippen molar-refractivity contribution >= 4 is 22.4 Å². The quantitative estimate of drug-likeness (QED) is 0.0488. The number of phenolic OH excluding ortho intramolecular Hbond substituents is 1.